The molecule has 0 saturated carbocycles. The molecule has 3 aromatic heterocycles. The quantitative estimate of drug-likeness (QED) is 0.394. The molecular formula is C26H34F3N7O3S. The minimum absolute atomic E-state index is 0.0138. The number of pyridine rings is 1. The highest BCUT2D eigenvalue weighted by Gasteiger charge is 2.48. The minimum atomic E-state index is -4.43. The van der Waals surface area contributed by atoms with Crippen molar-refractivity contribution in [3.05, 3.63) is 41.9 Å². The summed E-state index contributed by atoms with van der Waals surface area (Å²) in [5.74, 6) is 0.520. The number of amides is 1. The normalized spacial score (nSPS) is 18.2. The second kappa shape index (κ2) is 10.6. The van der Waals surface area contributed by atoms with E-state index in [-0.39, 0.29) is 17.0 Å². The van der Waals surface area contributed by atoms with Crippen molar-refractivity contribution in [3.8, 4) is 11.7 Å². The maximum atomic E-state index is 13.4. The van der Waals surface area contributed by atoms with Gasteiger partial charge in [0.15, 0.2) is 5.82 Å². The fourth-order valence-corrected chi connectivity index (χ4v) is 5.66. The third kappa shape index (κ3) is 6.07. The molecule has 3 aromatic rings. The topological polar surface area (TPSA) is 113 Å². The van der Waals surface area contributed by atoms with Crippen LogP contribution >= 0.6 is 0 Å². The van der Waals surface area contributed by atoms with Gasteiger partial charge in [-0.05, 0) is 59.1 Å². The zero-order chi connectivity index (χ0) is 29.6. The summed E-state index contributed by atoms with van der Waals surface area (Å²) >= 11 is -1.84. The third-order valence-electron chi connectivity index (χ3n) is 6.93. The number of nitrogens with zero attached hydrogens (tertiary/aromatic N) is 6. The summed E-state index contributed by atoms with van der Waals surface area (Å²) < 4.78 is 63.4. The van der Waals surface area contributed by atoms with Crippen LogP contribution in [0.4, 0.5) is 19.0 Å². The van der Waals surface area contributed by atoms with Crippen LogP contribution in [0, 0.1) is 18.3 Å². The van der Waals surface area contributed by atoms with E-state index in [2.05, 4.69) is 35.7 Å². The van der Waals surface area contributed by atoms with E-state index in [0.717, 1.165) is 20.3 Å². The molecule has 1 aliphatic rings. The lowest BCUT2D eigenvalue weighted by molar-refractivity contribution is -0.219. The number of carbonyl (C=O) groups is 1. The van der Waals surface area contributed by atoms with Crippen LogP contribution in [-0.4, -0.2) is 59.9 Å². The van der Waals surface area contributed by atoms with Gasteiger partial charge in [-0.25, -0.2) is 9.67 Å². The number of nitrogens with one attached hydrogen (secondary N) is 1. The van der Waals surface area contributed by atoms with Crippen molar-refractivity contribution in [1.29, 1.82) is 0 Å². The summed E-state index contributed by atoms with van der Waals surface area (Å²) in [5, 5.41) is 8.43. The average molecular weight is 582 g/mol. The predicted octanol–water partition coefficient (Wildman–Crippen LogP) is 4.35. The van der Waals surface area contributed by atoms with Gasteiger partial charge < -0.3 is 14.2 Å². The van der Waals surface area contributed by atoms with E-state index >= 15 is 0 Å². The minimum Gasteiger partial charge on any atom is -0.588 e. The standard InChI is InChI=1S/C26H34F3N7O3S/c1-16-12-25(5,6)35(13-16)22-18(23(37)33-40(38)19-14-34(7)31-17(19)2)8-9-20(30-22)36-11-10-21(32-36)39-15-24(3,4)26(27,28)29/h8-11,14,16H,12-13,15H2,1-7H3,(H,33,37)/t16-,40?/m1/s1. The van der Waals surface area contributed by atoms with E-state index in [4.69, 9.17) is 9.72 Å². The van der Waals surface area contributed by atoms with Gasteiger partial charge in [0.05, 0.1) is 17.2 Å². The largest absolute Gasteiger partial charge is 0.588 e. The first-order chi connectivity index (χ1) is 18.5. The molecule has 1 unspecified atom stereocenters. The molecule has 1 amide bonds. The lowest BCUT2D eigenvalue weighted by Gasteiger charge is -2.33. The lowest BCUT2D eigenvalue weighted by atomic mass is 9.94. The molecule has 1 N–H and O–H groups in total. The highest BCUT2D eigenvalue weighted by molar-refractivity contribution is 7.90. The van der Waals surface area contributed by atoms with Crippen molar-refractivity contribution in [3.63, 3.8) is 0 Å². The Bertz CT molecular complexity index is 1390. The average Bonchev–Trinajstić information content (AvgIpc) is 3.52. The van der Waals surface area contributed by atoms with Gasteiger partial charge in [-0.3, -0.25) is 9.48 Å². The number of rotatable bonds is 8. The van der Waals surface area contributed by atoms with E-state index < -0.39 is 35.5 Å². The highest BCUT2D eigenvalue weighted by Crippen LogP contribution is 2.39. The summed E-state index contributed by atoms with van der Waals surface area (Å²) in [7, 11) is 1.70. The zero-order valence-electron chi connectivity index (χ0n) is 23.5. The van der Waals surface area contributed by atoms with Gasteiger partial charge in [-0.15, -0.1) is 5.10 Å². The number of alkyl halides is 3. The molecule has 0 aromatic carbocycles. The predicted molar refractivity (Wildman–Crippen MR) is 144 cm³/mol. The summed E-state index contributed by atoms with van der Waals surface area (Å²) in [6.45, 7) is 10.1. The molecular weight excluding hydrogens is 547 g/mol. The molecule has 0 bridgehead atoms. The molecule has 40 heavy (non-hydrogen) atoms. The molecule has 1 fully saturated rings. The monoisotopic (exact) mass is 581 g/mol. The molecule has 2 atom stereocenters. The van der Waals surface area contributed by atoms with Crippen LogP contribution in [0.1, 0.15) is 57.1 Å². The van der Waals surface area contributed by atoms with Gasteiger partial charge in [0.25, 0.3) is 5.91 Å². The molecule has 1 aliphatic heterocycles. The third-order valence-corrected chi connectivity index (χ3v) is 8.11. The zero-order valence-corrected chi connectivity index (χ0v) is 24.4. The van der Waals surface area contributed by atoms with E-state index in [9.17, 15) is 22.5 Å². The van der Waals surface area contributed by atoms with Crippen LogP contribution < -0.4 is 14.4 Å². The Morgan fingerprint density at radius 1 is 1.25 bits per heavy atom. The number of aryl methyl sites for hydroxylation is 2. The van der Waals surface area contributed by atoms with E-state index in [1.165, 1.54) is 21.6 Å². The Morgan fingerprint density at radius 2 is 1.95 bits per heavy atom. The molecule has 4 heterocycles. The fourth-order valence-electron chi connectivity index (χ4n) is 4.71. The first-order valence-corrected chi connectivity index (χ1v) is 13.9. The van der Waals surface area contributed by atoms with E-state index in [1.807, 2.05) is 4.90 Å². The molecule has 14 heteroatoms. The van der Waals surface area contributed by atoms with Crippen LogP contribution in [0.5, 0.6) is 5.88 Å². The van der Waals surface area contributed by atoms with Gasteiger partial charge in [-0.2, -0.15) is 23.0 Å². The molecule has 0 aliphatic carbocycles. The Morgan fingerprint density at radius 3 is 2.52 bits per heavy atom. The summed E-state index contributed by atoms with van der Waals surface area (Å²) in [6.07, 6.45) is -0.441. The van der Waals surface area contributed by atoms with Crippen LogP contribution in [0.3, 0.4) is 0 Å². The number of ether oxygens (including phenoxy) is 1. The highest BCUT2D eigenvalue weighted by atomic mass is 32.2. The maximum Gasteiger partial charge on any atom is 0.397 e. The Kier molecular flexibility index (Phi) is 7.89. The van der Waals surface area contributed by atoms with Gasteiger partial charge in [-0.1, -0.05) is 6.92 Å². The Balaban J connectivity index is 1.64. The number of anilines is 1. The van der Waals surface area contributed by atoms with Gasteiger partial charge in [0.1, 0.15) is 29.5 Å². The first kappa shape index (κ1) is 29.7. The fraction of sp³-hybridized carbons (Fsp3) is 0.538. The molecule has 0 spiro atoms. The summed E-state index contributed by atoms with van der Waals surface area (Å²) in [5.41, 5.74) is -1.60. The molecule has 1 saturated heterocycles. The first-order valence-electron chi connectivity index (χ1n) is 12.8. The van der Waals surface area contributed by atoms with Crippen LogP contribution in [0.25, 0.3) is 5.82 Å². The van der Waals surface area contributed by atoms with Gasteiger partial charge >= 0.3 is 6.18 Å². The molecule has 218 valence electrons. The van der Waals surface area contributed by atoms with Crippen LogP contribution in [0.2, 0.25) is 0 Å². The van der Waals surface area contributed by atoms with Gasteiger partial charge in [0, 0.05) is 31.4 Å². The Labute approximate surface area is 234 Å². The molecule has 4 rings (SSSR count). The van der Waals surface area contributed by atoms with Crippen molar-refractivity contribution < 1.29 is 27.3 Å². The van der Waals surface area contributed by atoms with Crippen molar-refractivity contribution in [1.82, 2.24) is 29.3 Å². The summed E-state index contributed by atoms with van der Waals surface area (Å²) in [4.78, 5) is 20.6. The second-order valence-corrected chi connectivity index (χ2v) is 12.7. The number of carbonyl (C=O) groups excluding carboxylic acids is 1. The van der Waals surface area contributed by atoms with Gasteiger partial charge in [0.2, 0.25) is 10.8 Å². The second-order valence-electron chi connectivity index (χ2n) is 11.5. The smallest absolute Gasteiger partial charge is 0.397 e. The summed E-state index contributed by atoms with van der Waals surface area (Å²) in [6, 6.07) is 4.60. The Hall–Kier alpha value is -3.26. The van der Waals surface area contributed by atoms with E-state index in [0.29, 0.717) is 34.7 Å². The van der Waals surface area contributed by atoms with Crippen molar-refractivity contribution in [2.45, 2.75) is 64.6 Å². The maximum absolute atomic E-state index is 13.4. The van der Waals surface area contributed by atoms with E-state index in [1.54, 1.807) is 32.3 Å². The molecule has 0 radical (unpaired) electrons. The SMILES string of the molecule is Cc1nn(C)cc1[S+]([O-])NC(=O)c1ccc(-n2ccc(OCC(C)(C)C(F)(F)F)n2)nc1N1C[C@H](C)CC1(C)C. The lowest BCUT2D eigenvalue weighted by Crippen LogP contribution is -2.41. The number of hydrogen-bond acceptors (Lipinski definition) is 7. The van der Waals surface area contributed by atoms with Crippen molar-refractivity contribution in [2.75, 3.05) is 18.1 Å². The number of halogens is 3. The van der Waals surface area contributed by atoms with Crippen LogP contribution in [-0.2, 0) is 18.4 Å². The van der Waals surface area contributed by atoms with Crippen LogP contribution in [0.15, 0.2) is 35.5 Å². The number of hydrogen-bond donors (Lipinski definition) is 1. The number of aromatic nitrogens is 5. The molecule has 10 nitrogen and oxygen atoms in total. The van der Waals surface area contributed by atoms with Crippen molar-refractivity contribution >= 4 is 23.1 Å². The van der Waals surface area contributed by atoms with Crippen molar-refractivity contribution in [2.24, 2.45) is 18.4 Å².